The van der Waals surface area contributed by atoms with Crippen molar-refractivity contribution >= 4 is 17.7 Å². The number of nitrogens with zero attached hydrogens (tertiary/aromatic N) is 1. The third-order valence-corrected chi connectivity index (χ3v) is 6.43. The normalized spacial score (nSPS) is 10.9. The van der Waals surface area contributed by atoms with Gasteiger partial charge in [-0.3, -0.25) is 4.79 Å². The fourth-order valence-corrected chi connectivity index (χ4v) is 4.28. The van der Waals surface area contributed by atoms with Gasteiger partial charge in [-0.05, 0) is 79.4 Å². The predicted molar refractivity (Wildman–Crippen MR) is 164 cm³/mol. The zero-order chi connectivity index (χ0) is 29.9. The Bertz CT molecular complexity index is 1610. The third-order valence-electron chi connectivity index (χ3n) is 6.43. The molecule has 4 aromatic rings. The monoisotopic (exact) mass is 562 g/mol. The Kier molecular flexibility index (Phi) is 10.2. The average Bonchev–Trinajstić information content (AvgIpc) is 3.00. The Morgan fingerprint density at radius 3 is 2.21 bits per heavy atom. The number of hydrogen-bond acceptors (Lipinski definition) is 6. The van der Waals surface area contributed by atoms with Crippen LogP contribution in [0.2, 0.25) is 0 Å². The smallest absolute Gasteiger partial charge is 0.266 e. The molecule has 0 aromatic heterocycles. The number of anilines is 1. The summed E-state index contributed by atoms with van der Waals surface area (Å²) in [7, 11) is 1.60. The number of hydrogen-bond donors (Lipinski definition) is 1. The van der Waals surface area contributed by atoms with E-state index in [1.165, 1.54) is 6.08 Å². The molecule has 4 rings (SSSR count). The molecule has 42 heavy (non-hydrogen) atoms. The minimum atomic E-state index is -0.479. The molecule has 0 aliphatic carbocycles. The summed E-state index contributed by atoms with van der Waals surface area (Å²) in [5.41, 5.74) is 5.26. The van der Waals surface area contributed by atoms with Gasteiger partial charge in [0.15, 0.2) is 23.0 Å². The van der Waals surface area contributed by atoms with Crippen LogP contribution in [0, 0.1) is 25.2 Å². The van der Waals surface area contributed by atoms with Gasteiger partial charge in [0.1, 0.15) is 24.9 Å². The lowest BCUT2D eigenvalue weighted by Crippen LogP contribution is -2.14. The van der Waals surface area contributed by atoms with Crippen molar-refractivity contribution in [2.45, 2.75) is 34.0 Å². The van der Waals surface area contributed by atoms with Crippen LogP contribution in [-0.4, -0.2) is 19.6 Å². The molecule has 0 atom stereocenters. The summed E-state index contributed by atoms with van der Waals surface area (Å²) < 4.78 is 23.4. The molecular formula is C35H34N2O5. The minimum Gasteiger partial charge on any atom is -0.493 e. The van der Waals surface area contributed by atoms with Crippen LogP contribution in [0.4, 0.5) is 5.69 Å². The molecule has 1 amide bonds. The Labute approximate surface area is 246 Å². The van der Waals surface area contributed by atoms with Crippen LogP contribution in [0.25, 0.3) is 6.08 Å². The molecule has 0 saturated heterocycles. The van der Waals surface area contributed by atoms with Gasteiger partial charge in [0.25, 0.3) is 5.91 Å². The van der Waals surface area contributed by atoms with E-state index in [9.17, 15) is 10.1 Å². The molecule has 0 fully saturated rings. The van der Waals surface area contributed by atoms with Crippen LogP contribution in [0.5, 0.6) is 23.0 Å². The van der Waals surface area contributed by atoms with E-state index in [2.05, 4.69) is 5.32 Å². The molecule has 214 valence electrons. The van der Waals surface area contributed by atoms with Gasteiger partial charge in [0, 0.05) is 5.69 Å². The first-order chi connectivity index (χ1) is 20.4. The van der Waals surface area contributed by atoms with Gasteiger partial charge in [0.05, 0.1) is 13.7 Å². The molecule has 4 aromatic carbocycles. The van der Waals surface area contributed by atoms with Gasteiger partial charge in [0.2, 0.25) is 0 Å². The van der Waals surface area contributed by atoms with E-state index in [-0.39, 0.29) is 12.2 Å². The summed E-state index contributed by atoms with van der Waals surface area (Å²) in [5, 5.41) is 12.5. The van der Waals surface area contributed by atoms with Crippen LogP contribution >= 0.6 is 0 Å². The summed E-state index contributed by atoms with van der Waals surface area (Å²) in [6.07, 6.45) is 1.53. The summed E-state index contributed by atoms with van der Waals surface area (Å²) in [5.74, 6) is 1.82. The minimum absolute atomic E-state index is 0.0206. The number of aryl methyl sites for hydroxylation is 2. The molecule has 0 radical (unpaired) electrons. The zero-order valence-corrected chi connectivity index (χ0v) is 24.3. The molecule has 0 unspecified atom stereocenters. The Balaban J connectivity index is 1.45. The summed E-state index contributed by atoms with van der Waals surface area (Å²) >= 11 is 0. The summed E-state index contributed by atoms with van der Waals surface area (Å²) in [6, 6.07) is 28.6. The van der Waals surface area contributed by atoms with Crippen LogP contribution < -0.4 is 24.3 Å². The van der Waals surface area contributed by atoms with E-state index in [4.69, 9.17) is 18.9 Å². The molecule has 7 heteroatoms. The molecule has 0 spiro atoms. The maximum Gasteiger partial charge on any atom is 0.266 e. The van der Waals surface area contributed by atoms with Crippen LogP contribution in [0.1, 0.15) is 34.7 Å². The fourth-order valence-electron chi connectivity index (χ4n) is 4.28. The van der Waals surface area contributed by atoms with Crippen LogP contribution in [0.15, 0.2) is 90.5 Å². The fraction of sp³-hybridized carbons (Fsp3) is 0.200. The second-order valence-electron chi connectivity index (χ2n) is 9.63. The number of carbonyl (C=O) groups is 1. The highest BCUT2D eigenvalue weighted by atomic mass is 16.5. The van der Waals surface area contributed by atoms with Crippen molar-refractivity contribution in [3.8, 4) is 29.1 Å². The van der Waals surface area contributed by atoms with Crippen LogP contribution in [-0.2, 0) is 18.0 Å². The van der Waals surface area contributed by atoms with Crippen molar-refractivity contribution in [3.05, 3.63) is 118 Å². The summed E-state index contributed by atoms with van der Waals surface area (Å²) in [4.78, 5) is 12.8. The van der Waals surface area contributed by atoms with Crippen molar-refractivity contribution < 1.29 is 23.7 Å². The van der Waals surface area contributed by atoms with E-state index < -0.39 is 5.91 Å². The number of carbonyl (C=O) groups excluding carboxylic acids is 1. The summed E-state index contributed by atoms with van der Waals surface area (Å²) in [6.45, 7) is 6.90. The van der Waals surface area contributed by atoms with Crippen molar-refractivity contribution in [2.75, 3.05) is 19.0 Å². The average molecular weight is 563 g/mol. The van der Waals surface area contributed by atoms with Crippen molar-refractivity contribution in [1.29, 1.82) is 5.26 Å². The van der Waals surface area contributed by atoms with Gasteiger partial charge in [-0.2, -0.15) is 5.26 Å². The van der Waals surface area contributed by atoms with Gasteiger partial charge >= 0.3 is 0 Å². The van der Waals surface area contributed by atoms with Gasteiger partial charge in [-0.1, -0.05) is 60.2 Å². The number of nitrogens with one attached hydrogen (secondary N) is 1. The van der Waals surface area contributed by atoms with Gasteiger partial charge in [-0.15, -0.1) is 0 Å². The van der Waals surface area contributed by atoms with E-state index in [0.29, 0.717) is 47.5 Å². The third kappa shape index (κ3) is 7.92. The molecule has 0 saturated carbocycles. The molecular weight excluding hydrogens is 528 g/mol. The maximum atomic E-state index is 12.8. The Morgan fingerprint density at radius 1 is 0.810 bits per heavy atom. The first-order valence-corrected chi connectivity index (χ1v) is 13.6. The molecule has 1 N–H and O–H groups in total. The van der Waals surface area contributed by atoms with E-state index in [0.717, 1.165) is 22.3 Å². The van der Waals surface area contributed by atoms with Gasteiger partial charge < -0.3 is 24.3 Å². The first kappa shape index (κ1) is 29.8. The van der Waals surface area contributed by atoms with E-state index in [1.54, 1.807) is 25.3 Å². The molecule has 0 bridgehead atoms. The maximum absolute atomic E-state index is 12.8. The Hall–Kier alpha value is -5.22. The Morgan fingerprint density at radius 2 is 1.52 bits per heavy atom. The van der Waals surface area contributed by atoms with Gasteiger partial charge in [-0.25, -0.2) is 0 Å². The topological polar surface area (TPSA) is 89.8 Å². The highest BCUT2D eigenvalue weighted by molar-refractivity contribution is 6.10. The number of rotatable bonds is 12. The molecule has 0 aliphatic heterocycles. The second-order valence-corrected chi connectivity index (χ2v) is 9.63. The lowest BCUT2D eigenvalue weighted by Gasteiger charge is -2.15. The molecule has 7 nitrogen and oxygen atoms in total. The number of amides is 1. The first-order valence-electron chi connectivity index (χ1n) is 13.6. The number of methoxy groups -OCH3 is 1. The lowest BCUT2D eigenvalue weighted by molar-refractivity contribution is -0.112. The quantitative estimate of drug-likeness (QED) is 0.143. The standard InChI is InChI=1S/C35H34N2O5/c1-5-40-34-19-27(18-29(21-36)35(38)37-30-14-11-24(2)17-25(30)3)12-15-32(34)42-23-28-13-16-31(33(20-28)39-4)41-22-26-9-7-6-8-10-26/h6-20H,5,22-23H2,1-4H3,(H,37,38)/b29-18+. The van der Waals surface area contributed by atoms with E-state index >= 15 is 0 Å². The van der Waals surface area contributed by atoms with E-state index in [1.807, 2.05) is 93.6 Å². The van der Waals surface area contributed by atoms with Crippen molar-refractivity contribution in [1.82, 2.24) is 0 Å². The highest BCUT2D eigenvalue weighted by Crippen LogP contribution is 2.32. The number of ether oxygens (including phenoxy) is 4. The number of benzene rings is 4. The predicted octanol–water partition coefficient (Wildman–Crippen LogP) is 7.41. The lowest BCUT2D eigenvalue weighted by atomic mass is 10.1. The zero-order valence-electron chi connectivity index (χ0n) is 24.3. The SMILES string of the molecule is CCOc1cc(/C=C(\C#N)C(=O)Nc2ccc(C)cc2C)ccc1OCc1ccc(OCc2ccccc2)c(OC)c1. The number of nitriles is 1. The molecule has 0 aliphatic rings. The van der Waals surface area contributed by atoms with Crippen molar-refractivity contribution in [2.24, 2.45) is 0 Å². The van der Waals surface area contributed by atoms with Crippen molar-refractivity contribution in [3.63, 3.8) is 0 Å². The highest BCUT2D eigenvalue weighted by Gasteiger charge is 2.13. The molecule has 0 heterocycles. The largest absolute Gasteiger partial charge is 0.493 e. The second kappa shape index (κ2) is 14.4. The van der Waals surface area contributed by atoms with Crippen LogP contribution in [0.3, 0.4) is 0 Å².